The summed E-state index contributed by atoms with van der Waals surface area (Å²) in [6, 6.07) is 4.70. The van der Waals surface area contributed by atoms with Crippen LogP contribution in [0.4, 0.5) is 14.5 Å². The molecule has 1 aromatic heterocycles. The third-order valence-electron chi connectivity index (χ3n) is 2.30. The Balaban J connectivity index is 2.34. The van der Waals surface area contributed by atoms with E-state index in [1.165, 1.54) is 19.1 Å². The highest BCUT2D eigenvalue weighted by molar-refractivity contribution is 8.01. The maximum atomic E-state index is 13.5. The number of hydrogen-bond donors (Lipinski definition) is 1. The van der Waals surface area contributed by atoms with Gasteiger partial charge in [0.1, 0.15) is 15.8 Å². The number of hydrogen-bond acceptors (Lipinski definition) is 4. The SMILES string of the molecule is CC(=O)c1cc([NH2+][O-])c(Sc2ccc(F)cc2F)s1. The molecule has 100 valence electrons. The third kappa shape index (κ3) is 3.19. The summed E-state index contributed by atoms with van der Waals surface area (Å²) in [5.74, 6) is -1.51. The van der Waals surface area contributed by atoms with E-state index < -0.39 is 11.6 Å². The van der Waals surface area contributed by atoms with Crippen LogP contribution in [0.3, 0.4) is 0 Å². The first-order valence-corrected chi connectivity index (χ1v) is 6.87. The van der Waals surface area contributed by atoms with Crippen molar-refractivity contribution < 1.29 is 19.1 Å². The number of ketones is 1. The largest absolute Gasteiger partial charge is 0.630 e. The molecule has 0 spiro atoms. The van der Waals surface area contributed by atoms with E-state index in [4.69, 9.17) is 0 Å². The van der Waals surface area contributed by atoms with Gasteiger partial charge in [0.2, 0.25) is 0 Å². The number of quaternary nitrogens is 1. The van der Waals surface area contributed by atoms with E-state index in [1.807, 2.05) is 0 Å². The first-order valence-electron chi connectivity index (χ1n) is 5.24. The lowest BCUT2D eigenvalue weighted by Gasteiger charge is -2.04. The lowest BCUT2D eigenvalue weighted by molar-refractivity contribution is -0.499. The smallest absolute Gasteiger partial charge is 0.169 e. The normalized spacial score (nSPS) is 10.7. The molecule has 0 atom stereocenters. The Morgan fingerprint density at radius 2 is 2.11 bits per heavy atom. The fourth-order valence-corrected chi connectivity index (χ4v) is 3.56. The Morgan fingerprint density at radius 3 is 2.68 bits per heavy atom. The number of Topliss-reactive ketones (excluding diaryl/α,β-unsaturated/α-hetero) is 1. The summed E-state index contributed by atoms with van der Waals surface area (Å²) in [6.07, 6.45) is 0. The minimum Gasteiger partial charge on any atom is -0.630 e. The van der Waals surface area contributed by atoms with Gasteiger partial charge in [-0.3, -0.25) is 4.79 Å². The van der Waals surface area contributed by atoms with Gasteiger partial charge in [0, 0.05) is 17.0 Å². The molecule has 0 saturated heterocycles. The molecular weight excluding hydrogens is 292 g/mol. The van der Waals surface area contributed by atoms with Crippen LogP contribution in [0.5, 0.6) is 0 Å². The maximum Gasteiger partial charge on any atom is 0.169 e. The van der Waals surface area contributed by atoms with Gasteiger partial charge in [0.25, 0.3) is 0 Å². The summed E-state index contributed by atoms with van der Waals surface area (Å²) in [6.45, 7) is 1.40. The molecule has 0 aliphatic carbocycles. The molecule has 0 bridgehead atoms. The Labute approximate surface area is 116 Å². The molecule has 2 rings (SSSR count). The van der Waals surface area contributed by atoms with Crippen molar-refractivity contribution in [1.82, 2.24) is 0 Å². The molecule has 0 aliphatic heterocycles. The zero-order valence-corrected chi connectivity index (χ0v) is 11.4. The van der Waals surface area contributed by atoms with Crippen molar-refractivity contribution in [2.24, 2.45) is 0 Å². The van der Waals surface area contributed by atoms with Gasteiger partial charge >= 0.3 is 0 Å². The summed E-state index contributed by atoms with van der Waals surface area (Å²) >= 11 is 2.13. The van der Waals surface area contributed by atoms with Gasteiger partial charge in [-0.25, -0.2) is 8.78 Å². The molecule has 0 radical (unpaired) electrons. The number of carbonyl (C=O) groups excluding carboxylic acids is 1. The Kier molecular flexibility index (Phi) is 4.31. The second-order valence-corrected chi connectivity index (χ2v) is 6.07. The molecule has 0 fully saturated rings. The Morgan fingerprint density at radius 1 is 1.37 bits per heavy atom. The summed E-state index contributed by atoms with van der Waals surface area (Å²) in [5, 5.41) is 10.9. The van der Waals surface area contributed by atoms with E-state index in [9.17, 15) is 18.8 Å². The van der Waals surface area contributed by atoms with E-state index in [1.54, 1.807) is 0 Å². The highest BCUT2D eigenvalue weighted by Crippen LogP contribution is 2.39. The topological polar surface area (TPSA) is 56.7 Å². The van der Waals surface area contributed by atoms with Gasteiger partial charge in [-0.15, -0.1) is 11.3 Å². The molecule has 0 saturated carbocycles. The van der Waals surface area contributed by atoms with Crippen molar-refractivity contribution in [2.75, 3.05) is 0 Å². The first kappa shape index (κ1) is 14.1. The lowest BCUT2D eigenvalue weighted by atomic mass is 10.3. The maximum absolute atomic E-state index is 13.5. The highest BCUT2D eigenvalue weighted by atomic mass is 32.2. The van der Waals surface area contributed by atoms with Crippen LogP contribution < -0.4 is 5.48 Å². The lowest BCUT2D eigenvalue weighted by Crippen LogP contribution is -2.70. The molecule has 0 unspecified atom stereocenters. The first-order chi connectivity index (χ1) is 9.01. The Hall–Kier alpha value is -1.28. The summed E-state index contributed by atoms with van der Waals surface area (Å²) in [4.78, 5) is 11.9. The number of benzene rings is 1. The van der Waals surface area contributed by atoms with Gasteiger partial charge < -0.3 is 10.7 Å². The van der Waals surface area contributed by atoms with E-state index >= 15 is 0 Å². The number of carbonyl (C=O) groups is 1. The molecular formula is C12H9F2NO2S2. The van der Waals surface area contributed by atoms with Crippen LogP contribution in [0.25, 0.3) is 0 Å². The fourth-order valence-electron chi connectivity index (χ4n) is 1.38. The second-order valence-electron chi connectivity index (χ2n) is 3.70. The predicted octanol–water partition coefficient (Wildman–Crippen LogP) is 3.07. The van der Waals surface area contributed by atoms with Crippen LogP contribution in [0, 0.1) is 16.8 Å². The molecule has 19 heavy (non-hydrogen) atoms. The van der Waals surface area contributed by atoms with Gasteiger partial charge in [0.15, 0.2) is 11.5 Å². The molecule has 1 heterocycles. The van der Waals surface area contributed by atoms with Crippen LogP contribution in [0.1, 0.15) is 16.6 Å². The molecule has 7 heteroatoms. The Bertz CT molecular complexity index is 628. The van der Waals surface area contributed by atoms with Crippen LogP contribution in [0.15, 0.2) is 33.4 Å². The number of thiophene rings is 1. The fraction of sp³-hybridized carbons (Fsp3) is 0.0833. The van der Waals surface area contributed by atoms with Crippen molar-refractivity contribution in [3.05, 3.63) is 46.0 Å². The van der Waals surface area contributed by atoms with E-state index in [2.05, 4.69) is 0 Å². The molecule has 2 N–H and O–H groups in total. The van der Waals surface area contributed by atoms with E-state index in [0.29, 0.717) is 20.3 Å². The zero-order valence-electron chi connectivity index (χ0n) is 9.78. The number of rotatable bonds is 4. The van der Waals surface area contributed by atoms with Crippen molar-refractivity contribution >= 4 is 34.6 Å². The minimum absolute atomic E-state index is 0.153. The molecule has 3 nitrogen and oxygen atoms in total. The molecule has 2 aromatic rings. The number of halogens is 2. The second kappa shape index (κ2) is 5.79. The monoisotopic (exact) mass is 301 g/mol. The van der Waals surface area contributed by atoms with Crippen molar-refractivity contribution in [3.8, 4) is 0 Å². The predicted molar refractivity (Wildman–Crippen MR) is 69.8 cm³/mol. The van der Waals surface area contributed by atoms with E-state index in [-0.39, 0.29) is 10.7 Å². The summed E-state index contributed by atoms with van der Waals surface area (Å²) < 4.78 is 26.8. The molecule has 0 amide bonds. The van der Waals surface area contributed by atoms with Crippen molar-refractivity contribution in [2.45, 2.75) is 16.0 Å². The molecule has 1 aromatic carbocycles. The average Bonchev–Trinajstić information content (AvgIpc) is 2.76. The van der Waals surface area contributed by atoms with Crippen LogP contribution in [0.2, 0.25) is 0 Å². The van der Waals surface area contributed by atoms with Crippen LogP contribution in [-0.2, 0) is 0 Å². The average molecular weight is 301 g/mol. The summed E-state index contributed by atoms with van der Waals surface area (Å²) in [7, 11) is 0. The highest BCUT2D eigenvalue weighted by Gasteiger charge is 2.16. The third-order valence-corrected chi connectivity index (χ3v) is 4.81. The van der Waals surface area contributed by atoms with E-state index in [0.717, 1.165) is 35.2 Å². The van der Waals surface area contributed by atoms with Gasteiger partial charge in [-0.1, -0.05) is 11.8 Å². The quantitative estimate of drug-likeness (QED) is 0.697. The van der Waals surface area contributed by atoms with Gasteiger partial charge in [0.05, 0.1) is 4.88 Å². The van der Waals surface area contributed by atoms with Crippen molar-refractivity contribution in [3.63, 3.8) is 0 Å². The van der Waals surface area contributed by atoms with Gasteiger partial charge in [-0.05, 0) is 19.1 Å². The standard InChI is InChI=1S/C12H9F2NO2S2/c1-6(16)11-5-9(15-17)12(19-11)18-10-3-2-7(13)4-8(10)14/h2-5H,15H2,1H3. The number of nitrogens with two attached hydrogens (primary N) is 1. The zero-order chi connectivity index (χ0) is 14.0. The van der Waals surface area contributed by atoms with Crippen molar-refractivity contribution in [1.29, 1.82) is 0 Å². The van der Waals surface area contributed by atoms with Crippen LogP contribution >= 0.6 is 23.1 Å². The minimum atomic E-state index is -0.695. The van der Waals surface area contributed by atoms with Gasteiger partial charge in [-0.2, -0.15) is 0 Å². The van der Waals surface area contributed by atoms with Crippen LogP contribution in [-0.4, -0.2) is 5.78 Å². The molecule has 0 aliphatic rings. The summed E-state index contributed by atoms with van der Waals surface area (Å²) in [5.41, 5.74) is 0.955.